The third-order valence-corrected chi connectivity index (χ3v) is 2.67. The molecule has 0 spiro atoms. The van der Waals surface area contributed by atoms with Crippen molar-refractivity contribution < 1.29 is 24.9 Å². The van der Waals surface area contributed by atoms with Gasteiger partial charge >= 0.3 is 11.9 Å². The van der Waals surface area contributed by atoms with E-state index >= 15 is 0 Å². The van der Waals surface area contributed by atoms with E-state index in [1.54, 1.807) is 27.7 Å². The highest BCUT2D eigenvalue weighted by Gasteiger charge is 2.48. The van der Waals surface area contributed by atoms with E-state index in [2.05, 4.69) is 0 Å². The van der Waals surface area contributed by atoms with Crippen LogP contribution in [-0.2, 0) is 9.59 Å². The van der Waals surface area contributed by atoms with Crippen LogP contribution < -0.4 is 0 Å². The van der Waals surface area contributed by atoms with Crippen molar-refractivity contribution in [1.29, 1.82) is 0 Å². The number of carboxylic acids is 2. The van der Waals surface area contributed by atoms with E-state index in [-0.39, 0.29) is 24.7 Å². The van der Waals surface area contributed by atoms with Gasteiger partial charge in [0.2, 0.25) is 0 Å². The maximum Gasteiger partial charge on any atom is 0.336 e. The van der Waals surface area contributed by atoms with E-state index in [1.807, 2.05) is 0 Å². The highest BCUT2D eigenvalue weighted by Crippen LogP contribution is 2.31. The molecule has 0 radical (unpaired) electrons. The van der Waals surface area contributed by atoms with E-state index < -0.39 is 23.5 Å². The first-order valence-corrected chi connectivity index (χ1v) is 5.79. The van der Waals surface area contributed by atoms with E-state index in [1.165, 1.54) is 0 Å². The molecule has 0 fully saturated rings. The molecule has 0 saturated heterocycles. The minimum absolute atomic E-state index is 0.00846. The van der Waals surface area contributed by atoms with Crippen LogP contribution in [0.15, 0.2) is 0 Å². The lowest BCUT2D eigenvalue weighted by Gasteiger charge is -2.32. The first-order chi connectivity index (χ1) is 7.61. The predicted molar refractivity (Wildman–Crippen MR) is 62.6 cm³/mol. The van der Waals surface area contributed by atoms with Gasteiger partial charge in [0.1, 0.15) is 0 Å². The Labute approximate surface area is 101 Å². The second-order valence-electron chi connectivity index (χ2n) is 5.35. The van der Waals surface area contributed by atoms with Crippen molar-refractivity contribution in [3.8, 4) is 0 Å². The van der Waals surface area contributed by atoms with Gasteiger partial charge in [-0.2, -0.15) is 0 Å². The van der Waals surface area contributed by atoms with Crippen LogP contribution in [0.3, 0.4) is 0 Å². The van der Waals surface area contributed by atoms with E-state index in [0.717, 1.165) is 0 Å². The molecular weight excluding hydrogens is 224 g/mol. The molecule has 0 aliphatic heterocycles. The molecule has 0 aromatic rings. The lowest BCUT2D eigenvalue weighted by atomic mass is 9.77. The Morgan fingerprint density at radius 1 is 1.06 bits per heavy atom. The fourth-order valence-electron chi connectivity index (χ4n) is 1.97. The number of hydrogen-bond acceptors (Lipinski definition) is 3. The summed E-state index contributed by atoms with van der Waals surface area (Å²) in [5, 5.41) is 28.4. The molecule has 0 heterocycles. The summed E-state index contributed by atoms with van der Waals surface area (Å²) in [5.74, 6) is -4.08. The molecule has 2 atom stereocenters. The minimum atomic E-state index is -2.19. The smallest absolute Gasteiger partial charge is 0.336 e. The summed E-state index contributed by atoms with van der Waals surface area (Å²) in [4.78, 5) is 22.3. The van der Waals surface area contributed by atoms with Crippen LogP contribution in [0.4, 0.5) is 0 Å². The number of hydrogen-bond donors (Lipinski definition) is 3. The second-order valence-corrected chi connectivity index (χ2v) is 5.35. The maximum absolute atomic E-state index is 11.2. The van der Waals surface area contributed by atoms with E-state index in [0.29, 0.717) is 0 Å². The van der Waals surface area contributed by atoms with Crippen LogP contribution in [0.2, 0.25) is 0 Å². The number of carboxylic acid groups (broad SMARTS) is 2. The third-order valence-electron chi connectivity index (χ3n) is 2.67. The summed E-state index contributed by atoms with van der Waals surface area (Å²) < 4.78 is 0. The normalized spacial score (nSPS) is 16.9. The molecule has 0 aromatic heterocycles. The monoisotopic (exact) mass is 246 g/mol. The zero-order chi connectivity index (χ0) is 13.8. The van der Waals surface area contributed by atoms with Crippen LogP contribution in [-0.4, -0.2) is 32.9 Å². The van der Waals surface area contributed by atoms with Gasteiger partial charge in [-0.1, -0.05) is 27.7 Å². The van der Waals surface area contributed by atoms with Crippen molar-refractivity contribution in [1.82, 2.24) is 0 Å². The molecule has 0 aliphatic carbocycles. The predicted octanol–water partition coefficient (Wildman–Crippen LogP) is 1.60. The van der Waals surface area contributed by atoms with Crippen LogP contribution in [0.1, 0.15) is 40.5 Å². The lowest BCUT2D eigenvalue weighted by Crippen LogP contribution is -2.50. The first kappa shape index (κ1) is 15.9. The summed E-state index contributed by atoms with van der Waals surface area (Å²) in [5.41, 5.74) is -2.19. The number of rotatable bonds is 7. The molecule has 0 bridgehead atoms. The molecule has 5 heteroatoms. The highest BCUT2D eigenvalue weighted by molar-refractivity contribution is 5.85. The molecule has 0 aliphatic rings. The zero-order valence-electron chi connectivity index (χ0n) is 10.8. The van der Waals surface area contributed by atoms with Crippen LogP contribution in [0.25, 0.3) is 0 Å². The molecule has 0 rings (SSSR count). The molecule has 0 saturated carbocycles. The third kappa shape index (κ3) is 4.34. The minimum Gasteiger partial charge on any atom is -0.481 e. The van der Waals surface area contributed by atoms with Gasteiger partial charge in [0, 0.05) is 0 Å². The standard InChI is InChI=1S/C12H22O5/c1-7(2)5-9(10(13)14)12(17,11(15)16)6-8(3)4/h7-9,17H,5-6H2,1-4H3,(H,13,14)(H,15,16). The van der Waals surface area contributed by atoms with Gasteiger partial charge in [-0.15, -0.1) is 0 Å². The largest absolute Gasteiger partial charge is 0.481 e. The maximum atomic E-state index is 11.2. The molecule has 0 aromatic carbocycles. The average molecular weight is 246 g/mol. The Kier molecular flexibility index (Phi) is 5.61. The van der Waals surface area contributed by atoms with Gasteiger partial charge in [-0.25, -0.2) is 4.79 Å². The summed E-state index contributed by atoms with van der Waals surface area (Å²) in [6, 6.07) is 0. The van der Waals surface area contributed by atoms with Crippen LogP contribution in [0.5, 0.6) is 0 Å². The summed E-state index contributed by atoms with van der Waals surface area (Å²) in [6.45, 7) is 7.10. The first-order valence-electron chi connectivity index (χ1n) is 5.79. The van der Waals surface area contributed by atoms with Gasteiger partial charge in [0.05, 0.1) is 5.92 Å². The lowest BCUT2D eigenvalue weighted by molar-refractivity contribution is -0.177. The molecule has 100 valence electrons. The molecular formula is C12H22O5. The summed E-state index contributed by atoms with van der Waals surface area (Å²) in [6.07, 6.45) is 0.0802. The molecule has 3 N–H and O–H groups in total. The Bertz CT molecular complexity index is 285. The topological polar surface area (TPSA) is 94.8 Å². The van der Waals surface area contributed by atoms with Gasteiger partial charge < -0.3 is 15.3 Å². The Hall–Kier alpha value is -1.10. The Balaban J connectivity index is 5.22. The number of aliphatic hydroxyl groups is 1. The Morgan fingerprint density at radius 3 is 1.76 bits per heavy atom. The second kappa shape index (κ2) is 6.00. The summed E-state index contributed by atoms with van der Waals surface area (Å²) in [7, 11) is 0. The fraction of sp³-hybridized carbons (Fsp3) is 0.833. The van der Waals surface area contributed by atoms with Gasteiger partial charge in [-0.05, 0) is 24.7 Å². The van der Waals surface area contributed by atoms with Gasteiger partial charge in [0.15, 0.2) is 5.60 Å². The van der Waals surface area contributed by atoms with Crippen molar-refractivity contribution in [2.45, 2.75) is 46.1 Å². The number of aliphatic carboxylic acids is 2. The van der Waals surface area contributed by atoms with Crippen molar-refractivity contribution >= 4 is 11.9 Å². The molecule has 17 heavy (non-hydrogen) atoms. The SMILES string of the molecule is CC(C)CC(C(=O)O)C(O)(CC(C)C)C(=O)O. The summed E-state index contributed by atoms with van der Waals surface area (Å²) >= 11 is 0. The highest BCUT2D eigenvalue weighted by atomic mass is 16.4. The quantitative estimate of drug-likeness (QED) is 0.634. The molecule has 5 nitrogen and oxygen atoms in total. The molecule has 2 unspecified atom stereocenters. The van der Waals surface area contributed by atoms with Gasteiger partial charge in [0.25, 0.3) is 0 Å². The average Bonchev–Trinajstić information content (AvgIpc) is 2.11. The van der Waals surface area contributed by atoms with Crippen molar-refractivity contribution in [3.63, 3.8) is 0 Å². The van der Waals surface area contributed by atoms with E-state index in [4.69, 9.17) is 10.2 Å². The van der Waals surface area contributed by atoms with Crippen molar-refractivity contribution in [3.05, 3.63) is 0 Å². The Morgan fingerprint density at radius 2 is 1.53 bits per heavy atom. The molecule has 0 amide bonds. The van der Waals surface area contributed by atoms with E-state index in [9.17, 15) is 14.7 Å². The fourth-order valence-corrected chi connectivity index (χ4v) is 1.97. The van der Waals surface area contributed by atoms with Crippen molar-refractivity contribution in [2.24, 2.45) is 17.8 Å². The van der Waals surface area contributed by atoms with Gasteiger partial charge in [-0.3, -0.25) is 4.79 Å². The van der Waals surface area contributed by atoms with Crippen molar-refractivity contribution in [2.75, 3.05) is 0 Å². The number of carbonyl (C=O) groups is 2. The zero-order valence-corrected chi connectivity index (χ0v) is 10.8. The van der Waals surface area contributed by atoms with Crippen LogP contribution >= 0.6 is 0 Å². The van der Waals surface area contributed by atoms with Crippen LogP contribution in [0, 0.1) is 17.8 Å².